The van der Waals surface area contributed by atoms with Gasteiger partial charge in [0.05, 0.1) is 5.56 Å². The number of likely N-dealkylation sites (tertiary alicyclic amines) is 1. The first-order chi connectivity index (χ1) is 10.2. The van der Waals surface area contributed by atoms with E-state index in [0.717, 1.165) is 19.1 Å². The molecule has 21 heavy (non-hydrogen) atoms. The maximum absolute atomic E-state index is 10.9. The zero-order valence-electron chi connectivity index (χ0n) is 12.1. The van der Waals surface area contributed by atoms with Crippen molar-refractivity contribution in [2.45, 2.75) is 31.3 Å². The zero-order valence-corrected chi connectivity index (χ0v) is 12.1. The topological polar surface area (TPSA) is 61.8 Å². The van der Waals surface area contributed by atoms with Gasteiger partial charge in [-0.2, -0.15) is 0 Å². The predicted octanol–water partition coefficient (Wildman–Crippen LogP) is 1.59. The van der Waals surface area contributed by atoms with E-state index in [1.165, 1.54) is 25.8 Å². The fourth-order valence-corrected chi connectivity index (χ4v) is 2.88. The molecule has 0 spiro atoms. The Morgan fingerprint density at radius 1 is 1.38 bits per heavy atom. The van der Waals surface area contributed by atoms with Crippen molar-refractivity contribution in [2.75, 3.05) is 26.2 Å². The second-order valence-corrected chi connectivity index (χ2v) is 5.85. The average Bonchev–Trinajstić information content (AvgIpc) is 3.23. The minimum atomic E-state index is -0.926. The number of ether oxygens (including phenoxy) is 1. The molecular weight excluding hydrogens is 268 g/mol. The van der Waals surface area contributed by atoms with Gasteiger partial charge in [-0.25, -0.2) is 4.79 Å². The Morgan fingerprint density at radius 3 is 3.00 bits per heavy atom. The Labute approximate surface area is 124 Å². The monoisotopic (exact) mass is 290 g/mol. The number of nitrogens with one attached hydrogen (secondary N) is 1. The van der Waals surface area contributed by atoms with Crippen molar-refractivity contribution < 1.29 is 14.6 Å². The van der Waals surface area contributed by atoms with Gasteiger partial charge in [-0.15, -0.1) is 0 Å². The summed E-state index contributed by atoms with van der Waals surface area (Å²) < 4.78 is 5.60. The first-order valence-corrected chi connectivity index (χ1v) is 7.66. The summed E-state index contributed by atoms with van der Waals surface area (Å²) in [5.41, 5.74) is 0.260. The summed E-state index contributed by atoms with van der Waals surface area (Å²) in [6.07, 6.45) is 3.95. The number of nitrogens with zero attached hydrogens (tertiary/aromatic N) is 1. The Bertz CT molecular complexity index is 502. The minimum Gasteiger partial charge on any atom is -0.492 e. The van der Waals surface area contributed by atoms with E-state index in [4.69, 9.17) is 9.84 Å². The van der Waals surface area contributed by atoms with Crippen molar-refractivity contribution in [3.8, 4) is 5.75 Å². The van der Waals surface area contributed by atoms with Crippen LogP contribution < -0.4 is 10.1 Å². The van der Waals surface area contributed by atoms with E-state index in [0.29, 0.717) is 18.4 Å². The third kappa shape index (κ3) is 3.95. The van der Waals surface area contributed by atoms with Gasteiger partial charge < -0.3 is 15.2 Å². The zero-order chi connectivity index (χ0) is 14.7. The highest BCUT2D eigenvalue weighted by atomic mass is 16.5. The maximum atomic E-state index is 10.9. The molecule has 114 valence electrons. The highest BCUT2D eigenvalue weighted by molar-refractivity contribution is 5.87. The van der Waals surface area contributed by atoms with Crippen molar-refractivity contribution >= 4 is 5.97 Å². The van der Waals surface area contributed by atoms with Gasteiger partial charge in [-0.1, -0.05) is 6.07 Å². The Hall–Kier alpha value is -1.59. The lowest BCUT2D eigenvalue weighted by molar-refractivity contribution is 0.0696. The van der Waals surface area contributed by atoms with Crippen LogP contribution in [0.3, 0.4) is 0 Å². The first-order valence-electron chi connectivity index (χ1n) is 7.66. The number of carboxylic acid groups (broad SMARTS) is 1. The van der Waals surface area contributed by atoms with Crippen LogP contribution in [0.25, 0.3) is 0 Å². The normalized spacial score (nSPS) is 22.4. The molecule has 1 heterocycles. The number of carboxylic acids is 1. The molecule has 5 heteroatoms. The molecule has 1 aliphatic heterocycles. The third-order valence-electron chi connectivity index (χ3n) is 4.17. The van der Waals surface area contributed by atoms with E-state index in [2.05, 4.69) is 10.2 Å². The smallest absolute Gasteiger partial charge is 0.335 e. The predicted molar refractivity (Wildman–Crippen MR) is 79.9 cm³/mol. The lowest BCUT2D eigenvalue weighted by atomic mass is 10.2. The fraction of sp³-hybridized carbons (Fsp3) is 0.562. The summed E-state index contributed by atoms with van der Waals surface area (Å²) in [4.78, 5) is 13.5. The van der Waals surface area contributed by atoms with Crippen LogP contribution >= 0.6 is 0 Å². The van der Waals surface area contributed by atoms with Crippen molar-refractivity contribution in [2.24, 2.45) is 0 Å². The molecule has 1 aliphatic carbocycles. The van der Waals surface area contributed by atoms with Crippen LogP contribution in [0.1, 0.15) is 29.6 Å². The molecule has 0 bridgehead atoms. The standard InChI is InChI=1S/C16H22N2O3/c19-16(20)12-2-1-3-15(10-12)21-9-7-17-13-6-8-18(11-13)14-4-5-14/h1-3,10,13-14,17H,4-9,11H2,(H,19,20). The molecule has 1 saturated carbocycles. The molecule has 0 amide bonds. The average molecular weight is 290 g/mol. The summed E-state index contributed by atoms with van der Waals surface area (Å²) in [6, 6.07) is 8.05. The second kappa shape index (κ2) is 6.45. The van der Waals surface area contributed by atoms with E-state index >= 15 is 0 Å². The van der Waals surface area contributed by atoms with E-state index in [9.17, 15) is 4.79 Å². The number of benzene rings is 1. The molecule has 5 nitrogen and oxygen atoms in total. The van der Waals surface area contributed by atoms with Crippen LogP contribution in [0.4, 0.5) is 0 Å². The minimum absolute atomic E-state index is 0.260. The molecule has 1 unspecified atom stereocenters. The number of hydrogen-bond acceptors (Lipinski definition) is 4. The Kier molecular flexibility index (Phi) is 4.41. The van der Waals surface area contributed by atoms with Gasteiger partial charge in [-0.3, -0.25) is 4.90 Å². The molecular formula is C16H22N2O3. The van der Waals surface area contributed by atoms with Crippen LogP contribution in [0.5, 0.6) is 5.75 Å². The first kappa shape index (κ1) is 14.4. The highest BCUT2D eigenvalue weighted by Crippen LogP contribution is 2.29. The van der Waals surface area contributed by atoms with Crippen molar-refractivity contribution in [1.29, 1.82) is 0 Å². The van der Waals surface area contributed by atoms with Crippen LogP contribution in [0.2, 0.25) is 0 Å². The largest absolute Gasteiger partial charge is 0.492 e. The number of carbonyl (C=O) groups is 1. The summed E-state index contributed by atoms with van der Waals surface area (Å²) >= 11 is 0. The molecule has 3 rings (SSSR count). The number of aromatic carboxylic acids is 1. The van der Waals surface area contributed by atoms with Crippen molar-refractivity contribution in [3.05, 3.63) is 29.8 Å². The van der Waals surface area contributed by atoms with E-state index in [-0.39, 0.29) is 5.56 Å². The maximum Gasteiger partial charge on any atom is 0.335 e. The number of hydrogen-bond donors (Lipinski definition) is 2. The summed E-state index contributed by atoms with van der Waals surface area (Å²) in [7, 11) is 0. The lowest BCUT2D eigenvalue weighted by Gasteiger charge is -2.16. The quantitative estimate of drug-likeness (QED) is 0.747. The van der Waals surface area contributed by atoms with Crippen molar-refractivity contribution in [3.63, 3.8) is 0 Å². The summed E-state index contributed by atoms with van der Waals surface area (Å²) in [6.45, 7) is 3.71. The molecule has 1 atom stereocenters. The van der Waals surface area contributed by atoms with Gasteiger partial charge in [0.15, 0.2) is 0 Å². The van der Waals surface area contributed by atoms with E-state index in [1.54, 1.807) is 24.3 Å². The molecule has 2 fully saturated rings. The molecule has 2 N–H and O–H groups in total. The van der Waals surface area contributed by atoms with Gasteiger partial charge in [0.2, 0.25) is 0 Å². The Morgan fingerprint density at radius 2 is 2.24 bits per heavy atom. The molecule has 0 radical (unpaired) electrons. The van der Waals surface area contributed by atoms with E-state index in [1.807, 2.05) is 0 Å². The Balaban J connectivity index is 1.36. The lowest BCUT2D eigenvalue weighted by Crippen LogP contribution is -2.35. The second-order valence-electron chi connectivity index (χ2n) is 5.85. The summed E-state index contributed by atoms with van der Waals surface area (Å²) in [5, 5.41) is 12.4. The van der Waals surface area contributed by atoms with Crippen LogP contribution in [0.15, 0.2) is 24.3 Å². The molecule has 1 aromatic carbocycles. The van der Waals surface area contributed by atoms with Gasteiger partial charge >= 0.3 is 5.97 Å². The fourth-order valence-electron chi connectivity index (χ4n) is 2.88. The van der Waals surface area contributed by atoms with Crippen LogP contribution in [-0.2, 0) is 0 Å². The number of rotatable bonds is 7. The van der Waals surface area contributed by atoms with Gasteiger partial charge in [0.25, 0.3) is 0 Å². The molecule has 2 aliphatic rings. The SMILES string of the molecule is O=C(O)c1cccc(OCCNC2CCN(C3CC3)C2)c1. The molecule has 1 aromatic rings. The van der Waals surface area contributed by atoms with E-state index < -0.39 is 5.97 Å². The summed E-state index contributed by atoms with van der Waals surface area (Å²) in [5.74, 6) is -0.313. The van der Waals surface area contributed by atoms with Crippen LogP contribution in [0, 0.1) is 0 Å². The molecule has 0 aromatic heterocycles. The van der Waals surface area contributed by atoms with Gasteiger partial charge in [-0.05, 0) is 37.5 Å². The molecule has 1 saturated heterocycles. The van der Waals surface area contributed by atoms with Gasteiger partial charge in [0, 0.05) is 31.7 Å². The van der Waals surface area contributed by atoms with Crippen molar-refractivity contribution in [1.82, 2.24) is 10.2 Å². The third-order valence-corrected chi connectivity index (χ3v) is 4.17. The van der Waals surface area contributed by atoms with Gasteiger partial charge in [0.1, 0.15) is 12.4 Å². The van der Waals surface area contributed by atoms with Crippen LogP contribution in [-0.4, -0.2) is 54.3 Å². The highest BCUT2D eigenvalue weighted by Gasteiger charge is 2.33.